The molecule has 27 heavy (non-hydrogen) atoms. The molecular formula is C17H19ClN4O5. The van der Waals surface area contributed by atoms with Crippen LogP contribution < -0.4 is 0 Å². The number of fused-ring (bicyclic) bond motifs is 1. The number of hydrogen-bond acceptors (Lipinski definition) is 5. The van der Waals surface area contributed by atoms with Gasteiger partial charge in [-0.1, -0.05) is 11.6 Å². The number of carbonyl (C=O) groups excluding carboxylic acids is 1. The fraction of sp³-hybridized carbons (Fsp3) is 0.294. The lowest BCUT2D eigenvalue weighted by atomic mass is 10.3. The van der Waals surface area contributed by atoms with Crippen LogP contribution in [0.3, 0.4) is 0 Å². The van der Waals surface area contributed by atoms with Gasteiger partial charge in [0.05, 0.1) is 11.0 Å². The summed E-state index contributed by atoms with van der Waals surface area (Å²) in [6.45, 7) is 3.29. The minimum Gasteiger partial charge on any atom is -0.478 e. The summed E-state index contributed by atoms with van der Waals surface area (Å²) in [6, 6.07) is 5.37. The zero-order chi connectivity index (χ0) is 20.0. The number of carbonyl (C=O) groups is 3. The summed E-state index contributed by atoms with van der Waals surface area (Å²) in [7, 11) is 2.06. The predicted octanol–water partition coefficient (Wildman–Crippen LogP) is 1.32. The van der Waals surface area contributed by atoms with Gasteiger partial charge in [-0.2, -0.15) is 0 Å². The molecule has 1 amide bonds. The summed E-state index contributed by atoms with van der Waals surface area (Å²) in [5.74, 6) is -2.16. The average Bonchev–Trinajstić information content (AvgIpc) is 3.03. The number of piperazine rings is 1. The molecule has 1 aliphatic rings. The molecule has 1 aromatic heterocycles. The minimum atomic E-state index is -1.26. The maximum absolute atomic E-state index is 12.3. The second kappa shape index (κ2) is 9.15. The quantitative estimate of drug-likeness (QED) is 0.670. The van der Waals surface area contributed by atoms with Crippen molar-refractivity contribution in [2.45, 2.75) is 0 Å². The molecule has 3 rings (SSSR count). The van der Waals surface area contributed by atoms with E-state index in [1.807, 2.05) is 11.0 Å². The highest BCUT2D eigenvalue weighted by Crippen LogP contribution is 2.18. The molecule has 2 aromatic rings. The standard InChI is InChI=1S/C13H15ClN4O.C4H4O4/c1-17-4-6-18(7-5-17)13(19)12-15-10-3-2-9(14)8-11(10)16-12;5-3(6)1-2-4(7)8/h2-3,8H,4-7H2,1H3,(H,15,16);1-2H,(H,5,6)(H,7,8)/b;2-1+. The first-order valence-electron chi connectivity index (χ1n) is 8.03. The van der Waals surface area contributed by atoms with Crippen molar-refractivity contribution in [3.05, 3.63) is 41.2 Å². The number of halogens is 1. The van der Waals surface area contributed by atoms with E-state index in [1.54, 1.807) is 12.1 Å². The normalized spacial score (nSPS) is 14.8. The number of rotatable bonds is 3. The van der Waals surface area contributed by atoms with Crippen molar-refractivity contribution < 1.29 is 24.6 Å². The third-order valence-corrected chi connectivity index (χ3v) is 4.04. The molecule has 2 heterocycles. The summed E-state index contributed by atoms with van der Waals surface area (Å²) < 4.78 is 0. The monoisotopic (exact) mass is 394 g/mol. The van der Waals surface area contributed by atoms with Gasteiger partial charge in [0.15, 0.2) is 5.82 Å². The van der Waals surface area contributed by atoms with Gasteiger partial charge in [-0.05, 0) is 25.2 Å². The maximum atomic E-state index is 12.3. The first kappa shape index (κ1) is 20.4. The van der Waals surface area contributed by atoms with Crippen LogP contribution in [0.4, 0.5) is 0 Å². The molecule has 0 spiro atoms. The Morgan fingerprint density at radius 2 is 1.70 bits per heavy atom. The molecule has 9 nitrogen and oxygen atoms in total. The molecule has 0 unspecified atom stereocenters. The number of nitrogens with one attached hydrogen (secondary N) is 1. The van der Waals surface area contributed by atoms with Crippen LogP contribution in [-0.4, -0.2) is 81.1 Å². The predicted molar refractivity (Wildman–Crippen MR) is 98.9 cm³/mol. The summed E-state index contributed by atoms with van der Waals surface area (Å²) in [4.78, 5) is 42.9. The maximum Gasteiger partial charge on any atom is 0.328 e. The molecule has 0 radical (unpaired) electrons. The largest absolute Gasteiger partial charge is 0.478 e. The van der Waals surface area contributed by atoms with E-state index < -0.39 is 11.9 Å². The van der Waals surface area contributed by atoms with Gasteiger partial charge in [0, 0.05) is 43.4 Å². The Hall–Kier alpha value is -2.91. The van der Waals surface area contributed by atoms with Gasteiger partial charge >= 0.3 is 11.9 Å². The van der Waals surface area contributed by atoms with Crippen molar-refractivity contribution in [2.24, 2.45) is 0 Å². The van der Waals surface area contributed by atoms with Crippen molar-refractivity contribution in [3.63, 3.8) is 0 Å². The number of carboxylic acid groups (broad SMARTS) is 2. The van der Waals surface area contributed by atoms with Crippen LogP contribution in [-0.2, 0) is 9.59 Å². The number of aliphatic carboxylic acids is 2. The number of carboxylic acids is 2. The number of imidazole rings is 1. The molecule has 0 bridgehead atoms. The highest BCUT2D eigenvalue weighted by molar-refractivity contribution is 6.31. The Morgan fingerprint density at radius 3 is 2.26 bits per heavy atom. The van der Waals surface area contributed by atoms with Gasteiger partial charge in [-0.25, -0.2) is 14.6 Å². The van der Waals surface area contributed by atoms with E-state index in [0.717, 1.165) is 37.2 Å². The van der Waals surface area contributed by atoms with Crippen LogP contribution in [0.2, 0.25) is 5.02 Å². The number of aromatic nitrogens is 2. The fourth-order valence-corrected chi connectivity index (χ4v) is 2.56. The molecule has 1 aromatic carbocycles. The van der Waals surface area contributed by atoms with Crippen molar-refractivity contribution in [1.82, 2.24) is 19.8 Å². The van der Waals surface area contributed by atoms with Gasteiger partial charge in [-0.3, -0.25) is 4.79 Å². The van der Waals surface area contributed by atoms with Crippen LogP contribution in [0.15, 0.2) is 30.4 Å². The molecule has 1 saturated heterocycles. The van der Waals surface area contributed by atoms with Crippen molar-refractivity contribution in [2.75, 3.05) is 33.2 Å². The second-order valence-corrected chi connectivity index (χ2v) is 6.29. The van der Waals surface area contributed by atoms with Crippen LogP contribution in [0.25, 0.3) is 11.0 Å². The molecule has 0 saturated carbocycles. The van der Waals surface area contributed by atoms with Crippen LogP contribution in [0.5, 0.6) is 0 Å². The third-order valence-electron chi connectivity index (χ3n) is 3.81. The van der Waals surface area contributed by atoms with Gasteiger partial charge in [0.25, 0.3) is 5.91 Å². The van der Waals surface area contributed by atoms with Gasteiger partial charge in [0.1, 0.15) is 0 Å². The van der Waals surface area contributed by atoms with E-state index in [2.05, 4.69) is 21.9 Å². The molecule has 144 valence electrons. The Bertz CT molecular complexity index is 855. The zero-order valence-corrected chi connectivity index (χ0v) is 15.3. The molecule has 1 fully saturated rings. The van der Waals surface area contributed by atoms with E-state index >= 15 is 0 Å². The SMILES string of the molecule is CN1CCN(C(=O)c2nc3ccc(Cl)cc3[nH]2)CC1.O=C(O)/C=C/C(=O)O. The number of nitrogens with zero attached hydrogens (tertiary/aromatic N) is 3. The summed E-state index contributed by atoms with van der Waals surface area (Å²) in [5, 5.41) is 16.3. The average molecular weight is 395 g/mol. The molecule has 0 atom stereocenters. The van der Waals surface area contributed by atoms with Gasteiger partial charge in [-0.15, -0.1) is 0 Å². The van der Waals surface area contributed by atoms with E-state index in [4.69, 9.17) is 21.8 Å². The zero-order valence-electron chi connectivity index (χ0n) is 14.6. The fourth-order valence-electron chi connectivity index (χ4n) is 2.39. The number of amides is 1. The first-order valence-corrected chi connectivity index (χ1v) is 8.41. The number of H-pyrrole nitrogens is 1. The lowest BCUT2D eigenvalue weighted by Crippen LogP contribution is -2.47. The molecule has 10 heteroatoms. The number of benzene rings is 1. The number of hydrogen-bond donors (Lipinski definition) is 3. The van der Waals surface area contributed by atoms with Crippen molar-refractivity contribution in [1.29, 1.82) is 0 Å². The third kappa shape index (κ3) is 6.08. The van der Waals surface area contributed by atoms with Crippen LogP contribution in [0.1, 0.15) is 10.6 Å². The van der Waals surface area contributed by atoms with Crippen molar-refractivity contribution >= 4 is 40.5 Å². The molecule has 0 aliphatic carbocycles. The number of aromatic amines is 1. The summed E-state index contributed by atoms with van der Waals surface area (Å²) in [5.41, 5.74) is 1.56. The Balaban J connectivity index is 0.000000279. The lowest BCUT2D eigenvalue weighted by molar-refractivity contribution is -0.134. The van der Waals surface area contributed by atoms with Crippen LogP contribution >= 0.6 is 11.6 Å². The second-order valence-electron chi connectivity index (χ2n) is 5.85. The molecule has 3 N–H and O–H groups in total. The Morgan fingerprint density at radius 1 is 1.11 bits per heavy atom. The van der Waals surface area contributed by atoms with Crippen molar-refractivity contribution in [3.8, 4) is 0 Å². The first-order chi connectivity index (χ1) is 12.8. The summed E-state index contributed by atoms with van der Waals surface area (Å²) in [6.07, 6.45) is 1.12. The highest BCUT2D eigenvalue weighted by Gasteiger charge is 2.22. The lowest BCUT2D eigenvalue weighted by Gasteiger charge is -2.31. The smallest absolute Gasteiger partial charge is 0.328 e. The van der Waals surface area contributed by atoms with E-state index in [-0.39, 0.29) is 5.91 Å². The van der Waals surface area contributed by atoms with Crippen LogP contribution in [0, 0.1) is 0 Å². The van der Waals surface area contributed by atoms with E-state index in [1.165, 1.54) is 0 Å². The van der Waals surface area contributed by atoms with E-state index in [9.17, 15) is 14.4 Å². The van der Waals surface area contributed by atoms with E-state index in [0.29, 0.717) is 23.0 Å². The molecular weight excluding hydrogens is 376 g/mol. The molecule has 1 aliphatic heterocycles. The Kier molecular flexibility index (Phi) is 6.91. The van der Waals surface area contributed by atoms with Gasteiger partial charge in [0.2, 0.25) is 0 Å². The number of likely N-dealkylation sites (N-methyl/N-ethyl adjacent to an activating group) is 1. The minimum absolute atomic E-state index is 0.0413. The highest BCUT2D eigenvalue weighted by atomic mass is 35.5. The van der Waals surface area contributed by atoms with Gasteiger partial charge < -0.3 is 25.0 Å². The Labute approximate surface area is 159 Å². The topological polar surface area (TPSA) is 127 Å². The summed E-state index contributed by atoms with van der Waals surface area (Å²) >= 11 is 5.92.